The van der Waals surface area contributed by atoms with E-state index in [1.54, 1.807) is 7.11 Å². The molecule has 2 saturated heterocycles. The Kier molecular flexibility index (Phi) is 6.74. The number of hydrogen-bond donors (Lipinski definition) is 0. The second-order valence-electron chi connectivity index (χ2n) is 9.93. The van der Waals surface area contributed by atoms with E-state index in [-0.39, 0.29) is 30.1 Å². The predicted octanol–water partition coefficient (Wildman–Crippen LogP) is 3.85. The summed E-state index contributed by atoms with van der Waals surface area (Å²) in [5.41, 5.74) is 3.69. The molecular formula is C27H34ClN3O3. The average Bonchev–Trinajstić information content (AvgIpc) is 2.83. The number of anilines is 1. The van der Waals surface area contributed by atoms with Crippen molar-refractivity contribution in [1.82, 2.24) is 9.80 Å². The van der Waals surface area contributed by atoms with E-state index in [0.29, 0.717) is 13.1 Å². The highest BCUT2D eigenvalue weighted by molar-refractivity contribution is 6.30. The molecule has 3 heterocycles. The van der Waals surface area contributed by atoms with Gasteiger partial charge in [0.1, 0.15) is 5.75 Å². The Morgan fingerprint density at radius 1 is 1.06 bits per heavy atom. The molecule has 0 bridgehead atoms. The highest BCUT2D eigenvalue weighted by Crippen LogP contribution is 2.39. The number of nitrogens with zero attached hydrogens (tertiary/aromatic N) is 3. The molecule has 34 heavy (non-hydrogen) atoms. The van der Waals surface area contributed by atoms with E-state index in [0.717, 1.165) is 43.4 Å². The maximum Gasteiger partial charge on any atom is 0.228 e. The van der Waals surface area contributed by atoms with Crippen molar-refractivity contribution >= 4 is 23.2 Å². The maximum absolute atomic E-state index is 13.9. The van der Waals surface area contributed by atoms with Gasteiger partial charge in [0.2, 0.25) is 5.91 Å². The van der Waals surface area contributed by atoms with Crippen molar-refractivity contribution in [2.24, 2.45) is 5.92 Å². The van der Waals surface area contributed by atoms with Gasteiger partial charge in [0.25, 0.3) is 0 Å². The molecule has 2 fully saturated rings. The predicted molar refractivity (Wildman–Crippen MR) is 135 cm³/mol. The molecular weight excluding hydrogens is 450 g/mol. The smallest absolute Gasteiger partial charge is 0.228 e. The molecule has 0 saturated carbocycles. The zero-order valence-corrected chi connectivity index (χ0v) is 21.0. The van der Waals surface area contributed by atoms with Crippen LogP contribution in [0.25, 0.3) is 0 Å². The summed E-state index contributed by atoms with van der Waals surface area (Å²) in [6.07, 6.45) is 0.891. The van der Waals surface area contributed by atoms with Gasteiger partial charge < -0.3 is 19.3 Å². The number of piperazine rings is 1. The minimum Gasteiger partial charge on any atom is -0.497 e. The first-order valence-electron chi connectivity index (χ1n) is 12.3. The lowest BCUT2D eigenvalue weighted by Gasteiger charge is -2.50. The number of morpholine rings is 1. The van der Waals surface area contributed by atoms with E-state index in [2.05, 4.69) is 47.9 Å². The number of halogens is 1. The number of methoxy groups -OCH3 is 1. The Morgan fingerprint density at radius 3 is 2.50 bits per heavy atom. The standard InChI is InChI=1S/C27H34ClN3O3/c1-18-14-30(15-19(2)34-18)27(32)24-12-21-6-9-23(33-3)13-25(21)31-11-10-29(17-26(24)31)16-20-4-7-22(28)8-5-20/h4-9,13,18-19,24,26H,10-12,14-17H2,1-3H3. The average molecular weight is 484 g/mol. The van der Waals surface area contributed by atoms with Gasteiger partial charge in [-0.1, -0.05) is 29.8 Å². The van der Waals surface area contributed by atoms with Crippen molar-refractivity contribution in [2.45, 2.75) is 45.1 Å². The molecule has 4 unspecified atom stereocenters. The van der Waals surface area contributed by atoms with Crippen molar-refractivity contribution in [2.75, 3.05) is 44.7 Å². The number of fused-ring (bicyclic) bond motifs is 3. The first kappa shape index (κ1) is 23.5. The molecule has 182 valence electrons. The van der Waals surface area contributed by atoms with Crippen LogP contribution in [-0.2, 0) is 22.5 Å². The molecule has 2 aromatic carbocycles. The van der Waals surface area contributed by atoms with E-state index in [1.807, 2.05) is 23.1 Å². The number of carbonyl (C=O) groups is 1. The lowest BCUT2D eigenvalue weighted by molar-refractivity contribution is -0.148. The normalized spacial score (nSPS) is 27.2. The van der Waals surface area contributed by atoms with Crippen LogP contribution < -0.4 is 9.64 Å². The topological polar surface area (TPSA) is 45.2 Å². The molecule has 2 aromatic rings. The van der Waals surface area contributed by atoms with E-state index in [9.17, 15) is 4.79 Å². The van der Waals surface area contributed by atoms with Gasteiger partial charge in [0.15, 0.2) is 0 Å². The summed E-state index contributed by atoms with van der Waals surface area (Å²) >= 11 is 6.08. The third-order valence-corrected chi connectivity index (χ3v) is 7.63. The van der Waals surface area contributed by atoms with Crippen LogP contribution in [0.3, 0.4) is 0 Å². The second-order valence-corrected chi connectivity index (χ2v) is 10.4. The van der Waals surface area contributed by atoms with E-state index in [1.165, 1.54) is 16.8 Å². The zero-order chi connectivity index (χ0) is 23.8. The van der Waals surface area contributed by atoms with E-state index < -0.39 is 0 Å². The van der Waals surface area contributed by atoms with Gasteiger partial charge in [0.05, 0.1) is 31.3 Å². The van der Waals surface area contributed by atoms with Gasteiger partial charge >= 0.3 is 0 Å². The largest absolute Gasteiger partial charge is 0.497 e. The summed E-state index contributed by atoms with van der Waals surface area (Å²) in [6.45, 7) is 8.98. The maximum atomic E-state index is 13.9. The quantitative estimate of drug-likeness (QED) is 0.661. The van der Waals surface area contributed by atoms with Gasteiger partial charge in [-0.2, -0.15) is 0 Å². The molecule has 3 aliphatic rings. The Morgan fingerprint density at radius 2 is 1.79 bits per heavy atom. The van der Waals surface area contributed by atoms with E-state index in [4.69, 9.17) is 21.1 Å². The molecule has 0 spiro atoms. The SMILES string of the molecule is COc1ccc2c(c1)N1CCN(Cc3ccc(Cl)cc3)CC1C(C(=O)N1CC(C)OC(C)C1)C2. The number of carbonyl (C=O) groups excluding carboxylic acids is 1. The number of rotatable bonds is 4. The minimum absolute atomic E-state index is 0.0664. The van der Waals surface area contributed by atoms with Crippen LogP contribution in [0.4, 0.5) is 5.69 Å². The van der Waals surface area contributed by atoms with Crippen molar-refractivity contribution in [3.63, 3.8) is 0 Å². The fraction of sp³-hybridized carbons (Fsp3) is 0.519. The summed E-state index contributed by atoms with van der Waals surface area (Å²) in [5.74, 6) is 1.04. The van der Waals surface area contributed by atoms with Crippen molar-refractivity contribution in [1.29, 1.82) is 0 Å². The number of benzene rings is 2. The Bertz CT molecular complexity index is 1020. The minimum atomic E-state index is -0.0774. The third-order valence-electron chi connectivity index (χ3n) is 7.38. The Labute approximate surface area is 207 Å². The monoisotopic (exact) mass is 483 g/mol. The van der Waals surface area contributed by atoms with Gasteiger partial charge in [-0.3, -0.25) is 9.69 Å². The van der Waals surface area contributed by atoms with Crippen LogP contribution >= 0.6 is 11.6 Å². The van der Waals surface area contributed by atoms with Crippen LogP contribution in [-0.4, -0.2) is 73.8 Å². The van der Waals surface area contributed by atoms with Crippen LogP contribution in [0.1, 0.15) is 25.0 Å². The fourth-order valence-electron chi connectivity index (χ4n) is 5.83. The van der Waals surface area contributed by atoms with Crippen LogP contribution in [0, 0.1) is 5.92 Å². The van der Waals surface area contributed by atoms with Gasteiger partial charge in [-0.25, -0.2) is 0 Å². The highest BCUT2D eigenvalue weighted by Gasteiger charge is 2.44. The van der Waals surface area contributed by atoms with Crippen LogP contribution in [0.2, 0.25) is 5.02 Å². The molecule has 1 amide bonds. The highest BCUT2D eigenvalue weighted by atomic mass is 35.5. The summed E-state index contributed by atoms with van der Waals surface area (Å²) in [4.78, 5) is 20.9. The molecule has 5 rings (SSSR count). The lowest BCUT2D eigenvalue weighted by atomic mass is 9.82. The molecule has 0 N–H and O–H groups in total. The zero-order valence-electron chi connectivity index (χ0n) is 20.2. The first-order chi connectivity index (χ1) is 16.4. The summed E-state index contributed by atoms with van der Waals surface area (Å²) in [6, 6.07) is 14.5. The molecule has 0 aromatic heterocycles. The molecule has 3 aliphatic heterocycles. The summed E-state index contributed by atoms with van der Waals surface area (Å²) in [7, 11) is 1.71. The molecule has 6 nitrogen and oxygen atoms in total. The van der Waals surface area contributed by atoms with E-state index >= 15 is 0 Å². The van der Waals surface area contributed by atoms with Crippen molar-refractivity contribution < 1.29 is 14.3 Å². The molecule has 0 radical (unpaired) electrons. The van der Waals surface area contributed by atoms with Gasteiger partial charge in [0, 0.05) is 56.0 Å². The summed E-state index contributed by atoms with van der Waals surface area (Å²) < 4.78 is 11.4. The first-order valence-corrected chi connectivity index (χ1v) is 12.6. The fourth-order valence-corrected chi connectivity index (χ4v) is 5.96. The Hall–Kier alpha value is -2.28. The van der Waals surface area contributed by atoms with Gasteiger partial charge in [-0.15, -0.1) is 0 Å². The van der Waals surface area contributed by atoms with Crippen LogP contribution in [0.15, 0.2) is 42.5 Å². The van der Waals surface area contributed by atoms with Crippen molar-refractivity contribution in [3.8, 4) is 5.75 Å². The second kappa shape index (κ2) is 9.76. The molecule has 4 atom stereocenters. The number of ether oxygens (including phenoxy) is 2. The van der Waals surface area contributed by atoms with Gasteiger partial charge in [-0.05, 0) is 49.6 Å². The third kappa shape index (κ3) is 4.77. The molecule has 7 heteroatoms. The number of hydrogen-bond acceptors (Lipinski definition) is 5. The summed E-state index contributed by atoms with van der Waals surface area (Å²) in [5, 5.41) is 0.756. The number of amides is 1. The van der Waals surface area contributed by atoms with Crippen molar-refractivity contribution in [3.05, 3.63) is 58.6 Å². The van der Waals surface area contributed by atoms with Crippen LogP contribution in [0.5, 0.6) is 5.75 Å². The Balaban J connectivity index is 1.42. The molecule has 0 aliphatic carbocycles. The lowest BCUT2D eigenvalue weighted by Crippen LogP contribution is -2.62.